The molecule has 2 aliphatic rings. The number of piperazine rings is 1. The summed E-state index contributed by atoms with van der Waals surface area (Å²) in [6, 6.07) is 4.83. The molecule has 1 saturated heterocycles. The first-order valence-electron chi connectivity index (χ1n) is 12.6. The molecular weight excluding hydrogens is 460 g/mol. The Morgan fingerprint density at radius 1 is 1.03 bits per heavy atom. The zero-order chi connectivity index (χ0) is 26.8. The van der Waals surface area contributed by atoms with Gasteiger partial charge in [0.15, 0.2) is 0 Å². The summed E-state index contributed by atoms with van der Waals surface area (Å²) < 4.78 is 5.47. The Bertz CT molecular complexity index is 1020. The number of carbonyl (C=O) groups is 4. The molecule has 3 amide bonds. The quantitative estimate of drug-likeness (QED) is 0.614. The smallest absolute Gasteiger partial charge is 0.410 e. The predicted molar refractivity (Wildman–Crippen MR) is 138 cm³/mol. The van der Waals surface area contributed by atoms with Gasteiger partial charge in [0.2, 0.25) is 5.91 Å². The number of Topliss-reactive ketones (excluding diaryl/α,β-unsaturated/α-hetero) is 1. The average Bonchev–Trinajstić information content (AvgIpc) is 3.07. The van der Waals surface area contributed by atoms with Gasteiger partial charge in [0.1, 0.15) is 17.4 Å². The van der Waals surface area contributed by atoms with Crippen molar-refractivity contribution >= 4 is 29.4 Å². The molecule has 0 radical (unpaired) electrons. The second kappa shape index (κ2) is 10.5. The van der Waals surface area contributed by atoms with Gasteiger partial charge in [-0.3, -0.25) is 14.4 Å². The Kier molecular flexibility index (Phi) is 8.00. The number of ether oxygens (including phenoxy) is 1. The van der Waals surface area contributed by atoms with E-state index in [1.807, 2.05) is 53.7 Å². The highest BCUT2D eigenvalue weighted by Gasteiger charge is 2.36. The lowest BCUT2D eigenvalue weighted by atomic mass is 9.88. The van der Waals surface area contributed by atoms with Gasteiger partial charge in [-0.1, -0.05) is 20.8 Å². The SMILES string of the molecule is CC(C)(C)CC(=O)CC[C@@H](C(N)=O)N1Cc2cc(N3CCN(C(=O)OC(C)(C)C)CC3)ccc2C1=O. The van der Waals surface area contributed by atoms with E-state index in [-0.39, 0.29) is 42.6 Å². The van der Waals surface area contributed by atoms with Crippen molar-refractivity contribution in [1.29, 1.82) is 0 Å². The highest BCUT2D eigenvalue weighted by molar-refractivity contribution is 6.01. The summed E-state index contributed by atoms with van der Waals surface area (Å²) in [5, 5.41) is 0. The summed E-state index contributed by atoms with van der Waals surface area (Å²) in [5.41, 5.74) is 7.34. The van der Waals surface area contributed by atoms with E-state index >= 15 is 0 Å². The second-order valence-electron chi connectivity index (χ2n) is 12.0. The van der Waals surface area contributed by atoms with Crippen LogP contribution in [0, 0.1) is 5.41 Å². The van der Waals surface area contributed by atoms with E-state index in [4.69, 9.17) is 10.5 Å². The number of hydrogen-bond donors (Lipinski definition) is 1. The van der Waals surface area contributed by atoms with Crippen molar-refractivity contribution in [3.05, 3.63) is 29.3 Å². The van der Waals surface area contributed by atoms with Crippen LogP contribution in [0.3, 0.4) is 0 Å². The normalized spacial score (nSPS) is 17.2. The molecule has 198 valence electrons. The van der Waals surface area contributed by atoms with E-state index in [1.54, 1.807) is 11.0 Å². The molecule has 9 nitrogen and oxygen atoms in total. The molecule has 2 aliphatic heterocycles. The van der Waals surface area contributed by atoms with Crippen LogP contribution in [-0.4, -0.2) is 71.3 Å². The fourth-order valence-electron chi connectivity index (χ4n) is 4.68. The lowest BCUT2D eigenvalue weighted by molar-refractivity contribution is -0.124. The van der Waals surface area contributed by atoms with Crippen LogP contribution in [0.4, 0.5) is 10.5 Å². The summed E-state index contributed by atoms with van der Waals surface area (Å²) in [4.78, 5) is 55.4. The van der Waals surface area contributed by atoms with Crippen LogP contribution >= 0.6 is 0 Å². The van der Waals surface area contributed by atoms with Crippen LogP contribution in [0.5, 0.6) is 0 Å². The molecule has 9 heteroatoms. The van der Waals surface area contributed by atoms with E-state index in [0.29, 0.717) is 38.2 Å². The lowest BCUT2D eigenvalue weighted by Crippen LogP contribution is -2.50. The Balaban J connectivity index is 1.64. The maximum absolute atomic E-state index is 13.1. The number of amides is 3. The summed E-state index contributed by atoms with van der Waals surface area (Å²) >= 11 is 0. The first kappa shape index (κ1) is 27.5. The number of fused-ring (bicyclic) bond motifs is 1. The Morgan fingerprint density at radius 3 is 2.22 bits per heavy atom. The van der Waals surface area contributed by atoms with Crippen molar-refractivity contribution in [2.24, 2.45) is 11.1 Å². The number of primary amides is 1. The number of nitrogens with zero attached hydrogens (tertiary/aromatic N) is 3. The van der Waals surface area contributed by atoms with Crippen molar-refractivity contribution in [1.82, 2.24) is 9.80 Å². The minimum absolute atomic E-state index is 0.0609. The van der Waals surface area contributed by atoms with Crippen molar-refractivity contribution in [3.63, 3.8) is 0 Å². The molecule has 0 spiro atoms. The zero-order valence-electron chi connectivity index (χ0n) is 22.4. The maximum Gasteiger partial charge on any atom is 0.410 e. The zero-order valence-corrected chi connectivity index (χ0v) is 22.4. The maximum atomic E-state index is 13.1. The molecule has 0 aliphatic carbocycles. The summed E-state index contributed by atoms with van der Waals surface area (Å²) in [5.74, 6) is -0.776. The van der Waals surface area contributed by atoms with Gasteiger partial charge in [0.25, 0.3) is 5.91 Å². The van der Waals surface area contributed by atoms with Gasteiger partial charge < -0.3 is 25.2 Å². The Morgan fingerprint density at radius 2 is 1.67 bits per heavy atom. The van der Waals surface area contributed by atoms with Gasteiger partial charge >= 0.3 is 6.09 Å². The van der Waals surface area contributed by atoms with Crippen LogP contribution in [0.1, 0.15) is 76.7 Å². The molecule has 3 rings (SSSR count). The number of nitrogens with two attached hydrogens (primary N) is 1. The molecular formula is C27H40N4O5. The molecule has 0 bridgehead atoms. The number of hydrogen-bond acceptors (Lipinski definition) is 6. The Labute approximate surface area is 213 Å². The van der Waals surface area contributed by atoms with Gasteiger partial charge in [-0.25, -0.2) is 4.79 Å². The molecule has 2 heterocycles. The van der Waals surface area contributed by atoms with Crippen LogP contribution in [0.25, 0.3) is 0 Å². The second-order valence-corrected chi connectivity index (χ2v) is 12.0. The largest absolute Gasteiger partial charge is 0.444 e. The van der Waals surface area contributed by atoms with E-state index in [0.717, 1.165) is 11.3 Å². The topological polar surface area (TPSA) is 113 Å². The van der Waals surface area contributed by atoms with Crippen molar-refractivity contribution in [2.45, 2.75) is 79.0 Å². The van der Waals surface area contributed by atoms with Crippen LogP contribution in [0.15, 0.2) is 18.2 Å². The van der Waals surface area contributed by atoms with Gasteiger partial charge in [0, 0.05) is 56.8 Å². The minimum Gasteiger partial charge on any atom is -0.444 e. The van der Waals surface area contributed by atoms with Crippen molar-refractivity contribution < 1.29 is 23.9 Å². The lowest BCUT2D eigenvalue weighted by Gasteiger charge is -2.36. The summed E-state index contributed by atoms with van der Waals surface area (Å²) in [6.07, 6.45) is 0.537. The van der Waals surface area contributed by atoms with Gasteiger partial charge in [-0.2, -0.15) is 0 Å². The third-order valence-corrected chi connectivity index (χ3v) is 6.35. The fourth-order valence-corrected chi connectivity index (χ4v) is 4.68. The molecule has 0 unspecified atom stereocenters. The molecule has 36 heavy (non-hydrogen) atoms. The van der Waals surface area contributed by atoms with Crippen molar-refractivity contribution in [2.75, 3.05) is 31.1 Å². The first-order chi connectivity index (χ1) is 16.6. The van der Waals surface area contributed by atoms with E-state index < -0.39 is 17.6 Å². The van der Waals surface area contributed by atoms with Gasteiger partial charge in [0.05, 0.1) is 0 Å². The van der Waals surface area contributed by atoms with E-state index in [2.05, 4.69) is 4.90 Å². The summed E-state index contributed by atoms with van der Waals surface area (Å²) in [7, 11) is 0. The van der Waals surface area contributed by atoms with Crippen LogP contribution in [0.2, 0.25) is 0 Å². The summed E-state index contributed by atoms with van der Waals surface area (Å²) in [6.45, 7) is 14.2. The van der Waals surface area contributed by atoms with Crippen molar-refractivity contribution in [3.8, 4) is 0 Å². The molecule has 1 aromatic carbocycles. The monoisotopic (exact) mass is 500 g/mol. The fraction of sp³-hybridized carbons (Fsp3) is 0.630. The number of ketones is 1. The molecule has 0 saturated carbocycles. The number of benzene rings is 1. The number of carbonyl (C=O) groups excluding carboxylic acids is 4. The number of rotatable bonds is 7. The van der Waals surface area contributed by atoms with Crippen LogP contribution < -0.4 is 10.6 Å². The van der Waals surface area contributed by atoms with Gasteiger partial charge in [-0.15, -0.1) is 0 Å². The molecule has 2 N–H and O–H groups in total. The standard InChI is InChI=1S/C27H40N4O5/c1-26(2,3)16-20(32)8-10-22(23(28)33)31-17-18-15-19(7-9-21(18)24(31)34)29-11-13-30(14-12-29)25(35)36-27(4,5)6/h7,9,15,22H,8,10-14,16-17H2,1-6H3,(H2,28,33)/t22-/m0/s1. The minimum atomic E-state index is -0.824. The molecule has 1 atom stereocenters. The number of anilines is 1. The average molecular weight is 501 g/mol. The van der Waals surface area contributed by atoms with E-state index in [1.165, 1.54) is 4.90 Å². The van der Waals surface area contributed by atoms with E-state index in [9.17, 15) is 19.2 Å². The first-order valence-corrected chi connectivity index (χ1v) is 12.6. The third kappa shape index (κ3) is 6.98. The predicted octanol–water partition coefficient (Wildman–Crippen LogP) is 3.34. The van der Waals surface area contributed by atoms with Gasteiger partial charge in [-0.05, 0) is 56.4 Å². The molecule has 1 aromatic rings. The molecule has 0 aromatic heterocycles. The highest BCUT2D eigenvalue weighted by Crippen LogP contribution is 2.31. The highest BCUT2D eigenvalue weighted by atomic mass is 16.6. The van der Waals surface area contributed by atoms with Crippen LogP contribution in [-0.2, 0) is 20.9 Å². The third-order valence-electron chi connectivity index (χ3n) is 6.35. The molecule has 1 fully saturated rings. The Hall–Kier alpha value is -3.10.